The first kappa shape index (κ1) is 8.31. The molecule has 0 aliphatic carbocycles. The third-order valence-electron chi connectivity index (χ3n) is 1.87. The van der Waals surface area contributed by atoms with Gasteiger partial charge in [0.2, 0.25) is 0 Å². The molecule has 13 heavy (non-hydrogen) atoms. The van der Waals surface area contributed by atoms with Crippen molar-refractivity contribution in [3.8, 4) is 0 Å². The summed E-state index contributed by atoms with van der Waals surface area (Å²) in [6.07, 6.45) is 3.21. The predicted octanol–water partition coefficient (Wildman–Crippen LogP) is 2.74. The molecular formula is C9H7BrN2O. The molecule has 1 aromatic carbocycles. The van der Waals surface area contributed by atoms with Crippen LogP contribution in [0.2, 0.25) is 0 Å². The van der Waals surface area contributed by atoms with E-state index in [-0.39, 0.29) is 0 Å². The lowest BCUT2D eigenvalue weighted by molar-refractivity contribution is 0.322. The minimum Gasteiger partial charge on any atom is -0.411 e. The zero-order valence-corrected chi connectivity index (χ0v) is 8.25. The van der Waals surface area contributed by atoms with Gasteiger partial charge in [0.1, 0.15) is 0 Å². The summed E-state index contributed by atoms with van der Waals surface area (Å²) in [4.78, 5) is 3.08. The molecule has 0 unspecified atom stereocenters. The van der Waals surface area contributed by atoms with E-state index in [2.05, 4.69) is 26.1 Å². The minimum absolute atomic E-state index is 0.874. The molecule has 3 nitrogen and oxygen atoms in total. The van der Waals surface area contributed by atoms with Crippen molar-refractivity contribution in [3.05, 3.63) is 34.4 Å². The average Bonchev–Trinajstić information content (AvgIpc) is 2.49. The maximum Gasteiger partial charge on any atom is 0.0755 e. The van der Waals surface area contributed by atoms with Crippen molar-refractivity contribution >= 4 is 33.0 Å². The summed E-state index contributed by atoms with van der Waals surface area (Å²) < 4.78 is 1.01. The Kier molecular flexibility index (Phi) is 2.06. The lowest BCUT2D eigenvalue weighted by atomic mass is 10.2. The van der Waals surface area contributed by atoms with Crippen LogP contribution in [0.1, 0.15) is 5.56 Å². The maximum absolute atomic E-state index is 8.41. The van der Waals surface area contributed by atoms with E-state index in [1.54, 1.807) is 6.20 Å². The molecule has 0 aliphatic rings. The van der Waals surface area contributed by atoms with Crippen LogP contribution in [0.4, 0.5) is 0 Å². The number of hydrogen-bond donors (Lipinski definition) is 2. The van der Waals surface area contributed by atoms with E-state index >= 15 is 0 Å². The van der Waals surface area contributed by atoms with E-state index in [9.17, 15) is 0 Å². The van der Waals surface area contributed by atoms with Gasteiger partial charge in [-0.05, 0) is 18.2 Å². The van der Waals surface area contributed by atoms with E-state index in [0.29, 0.717) is 0 Å². The number of hydrogen-bond acceptors (Lipinski definition) is 2. The van der Waals surface area contributed by atoms with E-state index in [1.165, 1.54) is 6.21 Å². The first-order valence-electron chi connectivity index (χ1n) is 3.75. The zero-order chi connectivity index (χ0) is 9.26. The molecule has 0 amide bonds. The predicted molar refractivity (Wildman–Crippen MR) is 55.4 cm³/mol. The molecule has 1 heterocycles. The Morgan fingerprint density at radius 2 is 2.31 bits per heavy atom. The van der Waals surface area contributed by atoms with E-state index in [4.69, 9.17) is 5.21 Å². The van der Waals surface area contributed by atoms with Gasteiger partial charge in [0, 0.05) is 27.1 Å². The zero-order valence-electron chi connectivity index (χ0n) is 6.66. The second-order valence-electron chi connectivity index (χ2n) is 2.68. The van der Waals surface area contributed by atoms with Gasteiger partial charge in [-0.25, -0.2) is 0 Å². The average molecular weight is 239 g/mol. The molecule has 0 saturated heterocycles. The molecule has 2 rings (SSSR count). The number of nitrogens with one attached hydrogen (secondary N) is 1. The first-order valence-corrected chi connectivity index (χ1v) is 4.54. The van der Waals surface area contributed by atoms with Crippen LogP contribution in [0.15, 0.2) is 34.0 Å². The highest BCUT2D eigenvalue weighted by Gasteiger charge is 2.01. The van der Waals surface area contributed by atoms with Crippen LogP contribution in [-0.2, 0) is 0 Å². The van der Waals surface area contributed by atoms with Crippen molar-refractivity contribution in [1.82, 2.24) is 4.98 Å². The first-order chi connectivity index (χ1) is 6.31. The fourth-order valence-corrected chi connectivity index (χ4v) is 1.64. The third kappa shape index (κ3) is 1.45. The molecule has 0 radical (unpaired) electrons. The van der Waals surface area contributed by atoms with Crippen molar-refractivity contribution in [1.29, 1.82) is 0 Å². The monoisotopic (exact) mass is 238 g/mol. The van der Waals surface area contributed by atoms with Gasteiger partial charge in [-0.1, -0.05) is 21.1 Å². The fourth-order valence-electron chi connectivity index (χ4n) is 1.28. The van der Waals surface area contributed by atoms with Crippen LogP contribution in [0.5, 0.6) is 0 Å². The Hall–Kier alpha value is -1.29. The highest BCUT2D eigenvalue weighted by atomic mass is 79.9. The summed E-state index contributed by atoms with van der Waals surface area (Å²) in [5.41, 5.74) is 1.90. The normalized spacial score (nSPS) is 11.5. The molecule has 0 aliphatic heterocycles. The van der Waals surface area contributed by atoms with Crippen LogP contribution < -0.4 is 0 Å². The van der Waals surface area contributed by atoms with Crippen LogP contribution >= 0.6 is 15.9 Å². The molecule has 66 valence electrons. The summed E-state index contributed by atoms with van der Waals surface area (Å²) in [7, 11) is 0. The number of nitrogens with zero attached hydrogens (tertiary/aromatic N) is 1. The van der Waals surface area contributed by atoms with Gasteiger partial charge in [-0.15, -0.1) is 0 Å². The lowest BCUT2D eigenvalue weighted by Gasteiger charge is -1.92. The number of fused-ring (bicyclic) bond motifs is 1. The number of benzene rings is 1. The summed E-state index contributed by atoms with van der Waals surface area (Å²) in [5.74, 6) is 0. The van der Waals surface area contributed by atoms with Crippen molar-refractivity contribution in [2.75, 3.05) is 0 Å². The largest absolute Gasteiger partial charge is 0.411 e. The summed E-state index contributed by atoms with van der Waals surface area (Å²) >= 11 is 3.38. The second-order valence-corrected chi connectivity index (χ2v) is 3.59. The van der Waals surface area contributed by atoms with E-state index < -0.39 is 0 Å². The Labute approximate surface area is 83.2 Å². The molecule has 0 saturated carbocycles. The molecule has 1 aromatic heterocycles. The van der Waals surface area contributed by atoms with Gasteiger partial charge in [0.05, 0.1) is 6.21 Å². The number of aromatic amines is 1. The smallest absolute Gasteiger partial charge is 0.0755 e. The van der Waals surface area contributed by atoms with Gasteiger partial charge < -0.3 is 10.2 Å². The highest BCUT2D eigenvalue weighted by Crippen LogP contribution is 2.21. The van der Waals surface area contributed by atoms with Crippen LogP contribution in [0.3, 0.4) is 0 Å². The van der Waals surface area contributed by atoms with Gasteiger partial charge >= 0.3 is 0 Å². The number of halogens is 1. The van der Waals surface area contributed by atoms with Gasteiger partial charge in [-0.3, -0.25) is 0 Å². The Balaban J connectivity index is 2.71. The number of oxime groups is 1. The lowest BCUT2D eigenvalue weighted by Crippen LogP contribution is -1.76. The number of rotatable bonds is 1. The van der Waals surface area contributed by atoms with E-state index in [1.807, 2.05) is 18.2 Å². The standard InChI is InChI=1S/C9H7BrN2O/c10-7-1-2-9-8(3-7)6(4-11-9)5-12-13/h1-5,11,13H/b12-5-. The fraction of sp³-hybridized carbons (Fsp3) is 0. The SMILES string of the molecule is O/N=C\c1c[nH]c2ccc(Br)cc12. The van der Waals surface area contributed by atoms with Crippen molar-refractivity contribution in [2.45, 2.75) is 0 Å². The van der Waals surface area contributed by atoms with Crippen molar-refractivity contribution in [3.63, 3.8) is 0 Å². The number of H-pyrrole nitrogens is 1. The molecule has 0 fully saturated rings. The molecule has 4 heteroatoms. The molecule has 2 N–H and O–H groups in total. The molecular weight excluding hydrogens is 232 g/mol. The quantitative estimate of drug-likeness (QED) is 0.448. The van der Waals surface area contributed by atoms with Crippen LogP contribution in [-0.4, -0.2) is 16.4 Å². The van der Waals surface area contributed by atoms with Gasteiger partial charge in [0.15, 0.2) is 0 Å². The number of aromatic nitrogens is 1. The van der Waals surface area contributed by atoms with E-state index in [0.717, 1.165) is 20.9 Å². The molecule has 0 spiro atoms. The summed E-state index contributed by atoms with van der Waals surface area (Å²) in [5, 5.41) is 12.4. The highest BCUT2D eigenvalue weighted by molar-refractivity contribution is 9.10. The Morgan fingerprint density at radius 3 is 3.08 bits per heavy atom. The van der Waals surface area contributed by atoms with Crippen molar-refractivity contribution in [2.24, 2.45) is 5.16 Å². The molecule has 2 aromatic rings. The maximum atomic E-state index is 8.41. The third-order valence-corrected chi connectivity index (χ3v) is 2.37. The van der Waals surface area contributed by atoms with Crippen molar-refractivity contribution < 1.29 is 5.21 Å². The summed E-state index contributed by atoms with van der Waals surface area (Å²) in [6.45, 7) is 0. The Bertz CT molecular complexity index is 462. The van der Waals surface area contributed by atoms with Crippen LogP contribution in [0.25, 0.3) is 10.9 Å². The summed E-state index contributed by atoms with van der Waals surface area (Å²) in [6, 6.07) is 5.90. The van der Waals surface area contributed by atoms with Gasteiger partial charge in [0.25, 0.3) is 0 Å². The molecule has 0 atom stereocenters. The van der Waals surface area contributed by atoms with Crippen LogP contribution in [0, 0.1) is 0 Å². The minimum atomic E-state index is 0.874. The Morgan fingerprint density at radius 1 is 1.46 bits per heavy atom. The second kappa shape index (κ2) is 3.22. The van der Waals surface area contributed by atoms with Gasteiger partial charge in [-0.2, -0.15) is 0 Å². The molecule has 0 bridgehead atoms. The topological polar surface area (TPSA) is 48.4 Å².